The smallest absolute Gasteiger partial charge is 0.427 e. The van der Waals surface area contributed by atoms with Gasteiger partial charge in [-0.3, -0.25) is 9.69 Å². The van der Waals surface area contributed by atoms with Crippen LogP contribution in [0.4, 0.5) is 4.39 Å². The van der Waals surface area contributed by atoms with E-state index in [1.807, 2.05) is 0 Å². The van der Waals surface area contributed by atoms with Crippen molar-refractivity contribution in [2.75, 3.05) is 13.1 Å². The summed E-state index contributed by atoms with van der Waals surface area (Å²) in [5, 5.41) is 18.1. The van der Waals surface area contributed by atoms with Crippen LogP contribution >= 0.6 is 11.6 Å². The van der Waals surface area contributed by atoms with Crippen LogP contribution in [-0.2, 0) is 4.79 Å². The zero-order chi connectivity index (χ0) is 20.9. The second-order valence-electron chi connectivity index (χ2n) is 7.98. The summed E-state index contributed by atoms with van der Waals surface area (Å²) in [5.41, 5.74) is 6.65. The van der Waals surface area contributed by atoms with E-state index in [4.69, 9.17) is 27.4 Å². The Morgan fingerprint density at radius 3 is 2.57 bits per heavy atom. The third-order valence-electron chi connectivity index (χ3n) is 6.19. The minimum atomic E-state index is -1.31. The molecule has 1 aromatic carbocycles. The topological polar surface area (TPSA) is 86.8 Å². The van der Waals surface area contributed by atoms with E-state index >= 15 is 0 Å². The number of hydrogen-bond acceptors (Lipinski definition) is 5. The predicted molar refractivity (Wildman–Crippen MR) is 111 cm³/mol. The Kier molecular flexibility index (Phi) is 8.46. The number of nitrogens with zero attached hydrogens (tertiary/aromatic N) is 1. The number of carbonyl (C=O) groups excluding carboxylic acids is 1. The second-order valence-corrected chi connectivity index (χ2v) is 8.39. The van der Waals surface area contributed by atoms with Gasteiger partial charge in [-0.05, 0) is 76.1 Å². The number of benzene rings is 1. The highest BCUT2D eigenvalue weighted by molar-refractivity contribution is 6.40. The van der Waals surface area contributed by atoms with Crippen molar-refractivity contribution in [2.24, 2.45) is 11.7 Å². The van der Waals surface area contributed by atoms with E-state index in [0.29, 0.717) is 25.6 Å². The molecule has 0 bridgehead atoms. The lowest BCUT2D eigenvalue weighted by Gasteiger charge is -2.43. The van der Waals surface area contributed by atoms with Gasteiger partial charge in [-0.15, -0.1) is 0 Å². The number of piperidine rings is 1. The maximum absolute atomic E-state index is 13.4. The molecule has 1 saturated heterocycles. The summed E-state index contributed by atoms with van der Waals surface area (Å²) in [6, 6.07) is 4.93. The van der Waals surface area contributed by atoms with Crippen LogP contribution in [0.25, 0.3) is 0 Å². The Balaban J connectivity index is 1.95. The van der Waals surface area contributed by atoms with E-state index in [9.17, 15) is 9.18 Å². The monoisotopic (exact) mass is 412 g/mol. The Morgan fingerprint density at radius 2 is 2.04 bits per heavy atom. The summed E-state index contributed by atoms with van der Waals surface area (Å²) in [6.07, 6.45) is 3.81. The van der Waals surface area contributed by atoms with E-state index in [2.05, 4.69) is 11.8 Å². The van der Waals surface area contributed by atoms with Crippen molar-refractivity contribution in [1.29, 1.82) is 0 Å². The minimum Gasteiger partial charge on any atom is -0.427 e. The summed E-state index contributed by atoms with van der Waals surface area (Å²) in [7, 11) is -1.31. The Hall–Kier alpha value is -0.985. The van der Waals surface area contributed by atoms with Crippen molar-refractivity contribution < 1.29 is 19.2 Å². The van der Waals surface area contributed by atoms with Crippen LogP contribution in [0, 0.1) is 11.7 Å². The van der Waals surface area contributed by atoms with Crippen LogP contribution in [0.2, 0.25) is 11.3 Å². The van der Waals surface area contributed by atoms with Crippen LogP contribution < -0.4 is 5.73 Å². The quantitative estimate of drug-likeness (QED) is 0.428. The number of hydrogen-bond donors (Lipinski definition) is 3. The zero-order valence-electron chi connectivity index (χ0n) is 16.7. The molecule has 0 spiro atoms. The van der Waals surface area contributed by atoms with E-state index in [-0.39, 0.29) is 22.8 Å². The molecule has 1 aliphatic rings. The predicted octanol–water partition coefficient (Wildman–Crippen LogP) is 3.18. The molecule has 0 saturated carbocycles. The van der Waals surface area contributed by atoms with Gasteiger partial charge in [0.15, 0.2) is 0 Å². The molecule has 1 unspecified atom stereocenters. The fraction of sp³-hybridized carbons (Fsp3) is 0.650. The third kappa shape index (κ3) is 5.77. The standard InChI is InChI=1S/C20H31BClFN2O3/c1-14(16-5-6-19(23)18(22)13-16)25-11-7-17(8-12-25)20(24,15(2)26)9-3-4-10-21(27)28/h5-6,13-14,17,27-28H,3-4,7-12,24H2,1-2H3/t14?,20-/m0/s1. The highest BCUT2D eigenvalue weighted by Crippen LogP contribution is 2.35. The molecule has 1 fully saturated rings. The van der Waals surface area contributed by atoms with Gasteiger partial charge in [0.1, 0.15) is 11.6 Å². The molecule has 0 aromatic heterocycles. The maximum atomic E-state index is 13.4. The highest BCUT2D eigenvalue weighted by Gasteiger charge is 2.41. The second kappa shape index (κ2) is 10.2. The van der Waals surface area contributed by atoms with Gasteiger partial charge in [0, 0.05) is 6.04 Å². The molecule has 4 N–H and O–H groups in total. The van der Waals surface area contributed by atoms with Gasteiger partial charge in [-0.25, -0.2) is 4.39 Å². The number of Topliss-reactive ketones (excluding diaryl/α,β-unsaturated/α-hetero) is 1. The molecule has 2 rings (SSSR count). The molecule has 5 nitrogen and oxygen atoms in total. The molecular weight excluding hydrogens is 381 g/mol. The van der Waals surface area contributed by atoms with Gasteiger partial charge >= 0.3 is 7.12 Å². The summed E-state index contributed by atoms with van der Waals surface area (Å²) in [5.74, 6) is -0.322. The molecule has 0 amide bonds. The molecule has 8 heteroatoms. The molecule has 0 aliphatic carbocycles. The molecule has 156 valence electrons. The van der Waals surface area contributed by atoms with Crippen LogP contribution in [-0.4, -0.2) is 46.5 Å². The summed E-state index contributed by atoms with van der Waals surface area (Å²) in [6.45, 7) is 5.24. The van der Waals surface area contributed by atoms with Crippen molar-refractivity contribution in [3.63, 3.8) is 0 Å². The first-order valence-corrected chi connectivity index (χ1v) is 10.4. The Morgan fingerprint density at radius 1 is 1.39 bits per heavy atom. The van der Waals surface area contributed by atoms with Crippen molar-refractivity contribution in [2.45, 2.75) is 63.9 Å². The van der Waals surface area contributed by atoms with Gasteiger partial charge in [-0.2, -0.15) is 0 Å². The maximum Gasteiger partial charge on any atom is 0.451 e. The molecule has 1 aromatic rings. The van der Waals surface area contributed by atoms with Gasteiger partial charge in [0.05, 0.1) is 10.6 Å². The van der Waals surface area contributed by atoms with Gasteiger partial charge in [0.2, 0.25) is 0 Å². The largest absolute Gasteiger partial charge is 0.451 e. The lowest BCUT2D eigenvalue weighted by molar-refractivity contribution is -0.125. The van der Waals surface area contributed by atoms with Crippen LogP contribution in [0.1, 0.15) is 57.6 Å². The summed E-state index contributed by atoms with van der Waals surface area (Å²) < 4.78 is 13.4. The molecule has 0 radical (unpaired) electrons. The number of carbonyl (C=O) groups is 1. The number of likely N-dealkylation sites (tertiary alicyclic amines) is 1. The van der Waals surface area contributed by atoms with Crippen LogP contribution in [0.5, 0.6) is 0 Å². The van der Waals surface area contributed by atoms with Crippen molar-refractivity contribution in [3.05, 3.63) is 34.6 Å². The van der Waals surface area contributed by atoms with E-state index < -0.39 is 18.5 Å². The first-order chi connectivity index (χ1) is 13.1. The average molecular weight is 413 g/mol. The third-order valence-corrected chi connectivity index (χ3v) is 6.48. The van der Waals surface area contributed by atoms with E-state index in [1.165, 1.54) is 6.07 Å². The first-order valence-electron chi connectivity index (χ1n) is 10.00. The van der Waals surface area contributed by atoms with Crippen molar-refractivity contribution >= 4 is 24.5 Å². The lowest BCUT2D eigenvalue weighted by Crippen LogP contribution is -2.56. The first kappa shape index (κ1) is 23.3. The van der Waals surface area contributed by atoms with Crippen molar-refractivity contribution in [3.8, 4) is 0 Å². The van der Waals surface area contributed by atoms with Gasteiger partial charge in [0.25, 0.3) is 0 Å². The molecule has 28 heavy (non-hydrogen) atoms. The van der Waals surface area contributed by atoms with Gasteiger partial charge < -0.3 is 15.8 Å². The number of unbranched alkanes of at least 4 members (excludes halogenated alkanes) is 1. The average Bonchev–Trinajstić information content (AvgIpc) is 2.66. The highest BCUT2D eigenvalue weighted by atomic mass is 35.5. The zero-order valence-corrected chi connectivity index (χ0v) is 17.5. The summed E-state index contributed by atoms with van der Waals surface area (Å²) in [4.78, 5) is 14.6. The fourth-order valence-electron chi connectivity index (χ4n) is 4.20. The molecule has 2 atom stereocenters. The number of rotatable bonds is 9. The van der Waals surface area contributed by atoms with Crippen LogP contribution in [0.15, 0.2) is 18.2 Å². The van der Waals surface area contributed by atoms with Gasteiger partial charge in [-0.1, -0.05) is 30.5 Å². The summed E-state index contributed by atoms with van der Waals surface area (Å²) >= 11 is 5.92. The molecule has 1 aliphatic heterocycles. The number of nitrogens with two attached hydrogens (primary N) is 1. The molecular formula is C20H31BClFN2O3. The van der Waals surface area contributed by atoms with Crippen molar-refractivity contribution in [1.82, 2.24) is 4.90 Å². The lowest BCUT2D eigenvalue weighted by atomic mass is 9.72. The SMILES string of the molecule is CC(=O)[C@@](N)(CCCCB(O)O)C1CCN(C(C)c2ccc(F)c(Cl)c2)CC1. The minimum absolute atomic E-state index is 0.00568. The number of halogens is 2. The Labute approximate surface area is 172 Å². The van der Waals surface area contributed by atoms with Crippen LogP contribution in [0.3, 0.4) is 0 Å². The molecule has 1 heterocycles. The van der Waals surface area contributed by atoms with E-state index in [0.717, 1.165) is 31.5 Å². The fourth-order valence-corrected chi connectivity index (χ4v) is 4.39. The van der Waals surface area contributed by atoms with E-state index in [1.54, 1.807) is 19.1 Å². The Bertz CT molecular complexity index is 671. The normalized spacial score (nSPS) is 19.2. The number of ketones is 1.